The van der Waals surface area contributed by atoms with Crippen LogP contribution < -0.4 is 22.3 Å². The van der Waals surface area contributed by atoms with E-state index in [1.165, 1.54) is 4.57 Å². The molecular formula is C20H16ClN9O. The van der Waals surface area contributed by atoms with Crippen molar-refractivity contribution in [3.8, 4) is 11.8 Å². The average Bonchev–Trinajstić information content (AvgIpc) is 2.74. The van der Waals surface area contributed by atoms with Crippen LogP contribution in [0.15, 0.2) is 47.5 Å². The van der Waals surface area contributed by atoms with Crippen molar-refractivity contribution in [2.24, 2.45) is 0 Å². The minimum Gasteiger partial charge on any atom is -0.382 e. The number of hydrogen-bond acceptors (Lipinski definition) is 9. The number of halogens is 1. The number of nitrogens with two attached hydrogens (primary N) is 2. The van der Waals surface area contributed by atoms with E-state index in [1.807, 2.05) is 6.07 Å². The standard InChI is InChI=1S/C20H16ClN9O/c1-10(26-17-12(8-22)16(23)28-20(24)29-17)18-27-14-6-2-5-13(21)15(14)19(31)30(18)11-4-3-7-25-9-11/h2-7,9-10H,1H3,(H5,23,24,26,28,29). The minimum absolute atomic E-state index is 0.0418. The highest BCUT2D eigenvalue weighted by molar-refractivity contribution is 6.35. The maximum absolute atomic E-state index is 13.4. The zero-order valence-corrected chi connectivity index (χ0v) is 17.0. The predicted molar refractivity (Wildman–Crippen MR) is 118 cm³/mol. The molecular weight excluding hydrogens is 418 g/mol. The molecule has 31 heavy (non-hydrogen) atoms. The Morgan fingerprint density at radius 1 is 1.19 bits per heavy atom. The van der Waals surface area contributed by atoms with Gasteiger partial charge in [0, 0.05) is 6.20 Å². The zero-order valence-electron chi connectivity index (χ0n) is 16.2. The first-order valence-electron chi connectivity index (χ1n) is 9.12. The topological polar surface area (TPSA) is 161 Å². The molecule has 154 valence electrons. The Hall–Kier alpha value is -4.23. The summed E-state index contributed by atoms with van der Waals surface area (Å²) >= 11 is 6.29. The second-order valence-corrected chi connectivity index (χ2v) is 7.03. The summed E-state index contributed by atoms with van der Waals surface area (Å²) in [5.41, 5.74) is 12.1. The van der Waals surface area contributed by atoms with Crippen molar-refractivity contribution < 1.29 is 0 Å². The van der Waals surface area contributed by atoms with Crippen LogP contribution in [0, 0.1) is 11.3 Å². The van der Waals surface area contributed by atoms with Gasteiger partial charge in [-0.05, 0) is 31.2 Å². The van der Waals surface area contributed by atoms with Crippen molar-refractivity contribution >= 4 is 40.1 Å². The number of rotatable bonds is 4. The van der Waals surface area contributed by atoms with Gasteiger partial charge in [0.05, 0.1) is 33.9 Å². The summed E-state index contributed by atoms with van der Waals surface area (Å²) in [6.45, 7) is 1.76. The van der Waals surface area contributed by atoms with E-state index >= 15 is 0 Å². The minimum atomic E-state index is -0.586. The number of benzene rings is 1. The van der Waals surface area contributed by atoms with Gasteiger partial charge in [0.25, 0.3) is 5.56 Å². The van der Waals surface area contributed by atoms with E-state index in [4.69, 9.17) is 23.1 Å². The summed E-state index contributed by atoms with van der Waals surface area (Å²) < 4.78 is 1.42. The predicted octanol–water partition coefficient (Wildman–Crippen LogP) is 2.43. The highest BCUT2D eigenvalue weighted by Crippen LogP contribution is 2.26. The Balaban J connectivity index is 1.94. The quantitative estimate of drug-likeness (QED) is 0.438. The summed E-state index contributed by atoms with van der Waals surface area (Å²) in [4.78, 5) is 30.1. The van der Waals surface area contributed by atoms with E-state index in [9.17, 15) is 10.1 Å². The van der Waals surface area contributed by atoms with Gasteiger partial charge in [0.2, 0.25) is 5.95 Å². The molecule has 0 aliphatic carbocycles. The molecule has 4 rings (SSSR count). The number of nitrogens with zero attached hydrogens (tertiary/aromatic N) is 6. The lowest BCUT2D eigenvalue weighted by Crippen LogP contribution is -2.28. The summed E-state index contributed by atoms with van der Waals surface area (Å²) in [5, 5.41) is 13.1. The number of pyridine rings is 1. The number of nitriles is 1. The number of aromatic nitrogens is 5. The summed E-state index contributed by atoms with van der Waals surface area (Å²) in [6.07, 6.45) is 3.15. The fourth-order valence-electron chi connectivity index (χ4n) is 3.21. The third kappa shape index (κ3) is 3.58. The van der Waals surface area contributed by atoms with Crippen LogP contribution in [0.25, 0.3) is 16.6 Å². The third-order valence-corrected chi connectivity index (χ3v) is 4.90. The lowest BCUT2D eigenvalue weighted by atomic mass is 10.2. The van der Waals surface area contributed by atoms with Crippen molar-refractivity contribution in [3.05, 3.63) is 69.5 Å². The Bertz CT molecular complexity index is 1400. The number of nitrogen functional groups attached to an aromatic ring is 2. The van der Waals surface area contributed by atoms with Crippen molar-refractivity contribution in [2.75, 3.05) is 16.8 Å². The monoisotopic (exact) mass is 433 g/mol. The number of anilines is 3. The molecule has 1 unspecified atom stereocenters. The molecule has 5 N–H and O–H groups in total. The molecule has 0 saturated carbocycles. The number of nitrogens with one attached hydrogen (secondary N) is 1. The molecule has 0 radical (unpaired) electrons. The van der Waals surface area contributed by atoms with Gasteiger partial charge in [0.15, 0.2) is 5.82 Å². The van der Waals surface area contributed by atoms with Crippen LogP contribution in [0.2, 0.25) is 5.02 Å². The van der Waals surface area contributed by atoms with Gasteiger partial charge >= 0.3 is 0 Å². The summed E-state index contributed by atoms with van der Waals surface area (Å²) in [6, 6.07) is 9.86. The van der Waals surface area contributed by atoms with Gasteiger partial charge < -0.3 is 16.8 Å². The Labute approximate surface area is 181 Å². The molecule has 0 aliphatic rings. The van der Waals surface area contributed by atoms with Gasteiger partial charge in [-0.2, -0.15) is 15.2 Å². The van der Waals surface area contributed by atoms with Crippen molar-refractivity contribution in [3.63, 3.8) is 0 Å². The first-order valence-corrected chi connectivity index (χ1v) is 9.49. The van der Waals surface area contributed by atoms with Crippen LogP contribution in [-0.2, 0) is 0 Å². The van der Waals surface area contributed by atoms with Gasteiger partial charge in [-0.1, -0.05) is 17.7 Å². The van der Waals surface area contributed by atoms with Crippen molar-refractivity contribution in [2.45, 2.75) is 13.0 Å². The smallest absolute Gasteiger partial charge is 0.267 e. The normalized spacial score (nSPS) is 11.8. The second kappa shape index (κ2) is 7.89. The maximum Gasteiger partial charge on any atom is 0.267 e. The van der Waals surface area contributed by atoms with Gasteiger partial charge in [-0.3, -0.25) is 14.3 Å². The molecule has 0 amide bonds. The molecule has 4 aromatic rings. The van der Waals surface area contributed by atoms with E-state index in [0.29, 0.717) is 22.1 Å². The molecule has 0 fully saturated rings. The molecule has 0 bridgehead atoms. The van der Waals surface area contributed by atoms with E-state index in [2.05, 4.69) is 25.3 Å². The van der Waals surface area contributed by atoms with E-state index in [-0.39, 0.29) is 34.1 Å². The lowest BCUT2D eigenvalue weighted by Gasteiger charge is -2.20. The fraction of sp³-hybridized carbons (Fsp3) is 0.100. The molecule has 11 heteroatoms. The van der Waals surface area contributed by atoms with Gasteiger partial charge in [-0.25, -0.2) is 4.98 Å². The molecule has 0 saturated heterocycles. The highest BCUT2D eigenvalue weighted by atomic mass is 35.5. The Morgan fingerprint density at radius 2 is 2.00 bits per heavy atom. The molecule has 3 aromatic heterocycles. The van der Waals surface area contributed by atoms with Crippen molar-refractivity contribution in [1.82, 2.24) is 24.5 Å². The molecule has 1 atom stereocenters. The second-order valence-electron chi connectivity index (χ2n) is 6.62. The van der Waals surface area contributed by atoms with Gasteiger partial charge in [-0.15, -0.1) is 0 Å². The van der Waals surface area contributed by atoms with Gasteiger partial charge in [0.1, 0.15) is 23.3 Å². The average molecular weight is 434 g/mol. The zero-order chi connectivity index (χ0) is 22.1. The third-order valence-electron chi connectivity index (χ3n) is 4.58. The molecule has 1 aromatic carbocycles. The Kier molecular flexibility index (Phi) is 5.10. The highest BCUT2D eigenvalue weighted by Gasteiger charge is 2.21. The lowest BCUT2D eigenvalue weighted by molar-refractivity contribution is 0.729. The summed E-state index contributed by atoms with van der Waals surface area (Å²) in [7, 11) is 0. The SMILES string of the molecule is CC(Nc1nc(N)nc(N)c1C#N)c1nc2cccc(Cl)c2c(=O)n1-c1cccnc1. The van der Waals surface area contributed by atoms with E-state index < -0.39 is 6.04 Å². The van der Waals surface area contributed by atoms with E-state index in [0.717, 1.165) is 0 Å². The van der Waals surface area contributed by atoms with Crippen LogP contribution in [0.4, 0.5) is 17.6 Å². The molecule has 10 nitrogen and oxygen atoms in total. The first kappa shape index (κ1) is 20.1. The van der Waals surface area contributed by atoms with E-state index in [1.54, 1.807) is 49.6 Å². The number of hydrogen-bond donors (Lipinski definition) is 3. The first-order chi connectivity index (χ1) is 14.9. The van der Waals surface area contributed by atoms with Crippen LogP contribution in [0.5, 0.6) is 0 Å². The molecule has 3 heterocycles. The summed E-state index contributed by atoms with van der Waals surface area (Å²) in [5.74, 6) is 0.354. The number of fused-ring (bicyclic) bond motifs is 1. The molecule has 0 spiro atoms. The fourth-order valence-corrected chi connectivity index (χ4v) is 3.46. The van der Waals surface area contributed by atoms with Crippen molar-refractivity contribution in [1.29, 1.82) is 5.26 Å². The van der Waals surface area contributed by atoms with Crippen LogP contribution >= 0.6 is 11.6 Å². The Morgan fingerprint density at radius 3 is 2.71 bits per heavy atom. The largest absolute Gasteiger partial charge is 0.382 e. The van der Waals surface area contributed by atoms with Crippen LogP contribution in [0.1, 0.15) is 24.4 Å². The van der Waals surface area contributed by atoms with Crippen LogP contribution in [-0.4, -0.2) is 24.5 Å². The van der Waals surface area contributed by atoms with Crippen LogP contribution in [0.3, 0.4) is 0 Å². The maximum atomic E-state index is 13.4. The molecule has 0 aliphatic heterocycles.